The van der Waals surface area contributed by atoms with E-state index in [4.69, 9.17) is 11.6 Å². The third kappa shape index (κ3) is 6.13. The first-order valence-electron chi connectivity index (χ1n) is 4.10. The van der Waals surface area contributed by atoms with Gasteiger partial charge in [-0.1, -0.05) is 11.6 Å². The topological polar surface area (TPSA) is 75.3 Å². The number of rotatable bonds is 7. The lowest BCUT2D eigenvalue weighted by molar-refractivity contribution is -0.123. The summed E-state index contributed by atoms with van der Waals surface area (Å²) in [5, 5.41) is 2.03. The predicted octanol–water partition coefficient (Wildman–Crippen LogP) is 0.169. The number of carbonyl (C=O) groups excluding carboxylic acids is 1. The second-order valence-corrected chi connectivity index (χ2v) is 4.76. The van der Waals surface area contributed by atoms with Gasteiger partial charge in [0.25, 0.3) is 21.6 Å². The zero-order valence-corrected chi connectivity index (χ0v) is 9.49. The molecule has 0 aliphatic heterocycles. The molecule has 10 heteroatoms. The molecule has 0 aliphatic rings. The summed E-state index contributed by atoms with van der Waals surface area (Å²) in [4.78, 5) is 10.5. The van der Waals surface area contributed by atoms with Crippen molar-refractivity contribution in [2.45, 2.75) is 17.8 Å². The second-order valence-electron chi connectivity index (χ2n) is 2.65. The molecule has 0 saturated heterocycles. The zero-order chi connectivity index (χ0) is 12.8. The summed E-state index contributed by atoms with van der Waals surface area (Å²) < 4.78 is 58.2. The van der Waals surface area contributed by atoms with Crippen LogP contribution < -0.4 is 10.0 Å². The van der Waals surface area contributed by atoms with Crippen LogP contribution >= 0.6 is 11.6 Å². The van der Waals surface area contributed by atoms with Crippen molar-refractivity contribution >= 4 is 27.5 Å². The van der Waals surface area contributed by atoms with E-state index in [1.807, 2.05) is 5.32 Å². The Labute approximate surface area is 95.4 Å². The van der Waals surface area contributed by atoms with Crippen LogP contribution in [0, 0.1) is 0 Å². The van der Waals surface area contributed by atoms with Crippen molar-refractivity contribution < 1.29 is 26.4 Å². The normalized spacial score (nSPS) is 13.8. The van der Waals surface area contributed by atoms with Crippen LogP contribution in [-0.4, -0.2) is 38.8 Å². The van der Waals surface area contributed by atoms with Gasteiger partial charge in [0.1, 0.15) is 0 Å². The third-order valence-electron chi connectivity index (χ3n) is 1.39. The summed E-state index contributed by atoms with van der Waals surface area (Å²) in [6, 6.07) is 0. The number of carbonyl (C=O) groups is 1. The average Bonchev–Trinajstić information content (AvgIpc) is 2.16. The van der Waals surface area contributed by atoms with Crippen molar-refractivity contribution in [3.8, 4) is 0 Å². The van der Waals surface area contributed by atoms with Crippen molar-refractivity contribution in [1.29, 1.82) is 0 Å². The van der Waals surface area contributed by atoms with E-state index < -0.39 is 27.3 Å². The molecule has 0 spiro atoms. The lowest BCUT2D eigenvalue weighted by Crippen LogP contribution is -2.34. The summed E-state index contributed by atoms with van der Waals surface area (Å²) in [7, 11) is -4.61. The number of hydrogen-bond acceptors (Lipinski definition) is 3. The van der Waals surface area contributed by atoms with Gasteiger partial charge >= 0.3 is 5.76 Å². The van der Waals surface area contributed by atoms with E-state index in [9.17, 15) is 26.4 Å². The molecule has 96 valence electrons. The number of hydrogen-bond donors (Lipinski definition) is 2. The van der Waals surface area contributed by atoms with Gasteiger partial charge < -0.3 is 5.32 Å². The third-order valence-corrected chi connectivity index (χ3v) is 2.66. The zero-order valence-electron chi connectivity index (χ0n) is 7.92. The van der Waals surface area contributed by atoms with Gasteiger partial charge in [0.05, 0.1) is 0 Å². The lowest BCUT2D eigenvalue weighted by atomic mass is 10.4. The van der Waals surface area contributed by atoms with Gasteiger partial charge in [-0.2, -0.15) is 8.78 Å². The first kappa shape index (κ1) is 15.5. The number of nitrogens with one attached hydrogen (secondary N) is 2. The van der Waals surface area contributed by atoms with E-state index in [0.29, 0.717) is 0 Å². The molecule has 1 atom stereocenters. The van der Waals surface area contributed by atoms with E-state index in [-0.39, 0.29) is 19.5 Å². The molecule has 0 aromatic carbocycles. The van der Waals surface area contributed by atoms with E-state index in [0.717, 1.165) is 0 Å². The standard InChI is InChI=1S/C6H10ClF3N2O3S/c7-4(8)5(13)11-2-1-3-12-16(14,15)6(9)10/h4,6,12H,1-3H2,(H,11,13). The Hall–Kier alpha value is -0.540. The van der Waals surface area contributed by atoms with E-state index in [1.165, 1.54) is 0 Å². The fraction of sp³-hybridized carbons (Fsp3) is 0.833. The highest BCUT2D eigenvalue weighted by Gasteiger charge is 2.22. The average molecular weight is 283 g/mol. The highest BCUT2D eigenvalue weighted by atomic mass is 35.5. The molecule has 2 N–H and O–H groups in total. The van der Waals surface area contributed by atoms with Crippen molar-refractivity contribution in [2.24, 2.45) is 0 Å². The molecule has 0 heterocycles. The SMILES string of the molecule is O=C(NCCCNS(=O)(=O)C(F)F)C(F)Cl. The minimum absolute atomic E-state index is 0.0430. The Bertz CT molecular complexity index is 323. The van der Waals surface area contributed by atoms with Crippen LogP contribution in [0.4, 0.5) is 13.2 Å². The largest absolute Gasteiger partial charge is 0.352 e. The Kier molecular flexibility index (Phi) is 6.68. The van der Waals surface area contributed by atoms with E-state index >= 15 is 0 Å². The quantitative estimate of drug-likeness (QED) is 0.516. The van der Waals surface area contributed by atoms with E-state index in [1.54, 1.807) is 4.72 Å². The van der Waals surface area contributed by atoms with Crippen LogP contribution in [0.2, 0.25) is 0 Å². The molecule has 0 saturated carbocycles. The molecule has 0 rings (SSSR count). The highest BCUT2D eigenvalue weighted by Crippen LogP contribution is 2.01. The van der Waals surface area contributed by atoms with E-state index in [2.05, 4.69) is 0 Å². The molecule has 0 fully saturated rings. The predicted molar refractivity (Wildman–Crippen MR) is 51.3 cm³/mol. The Morgan fingerprint density at radius 2 is 1.81 bits per heavy atom. The van der Waals surface area contributed by atoms with Gasteiger partial charge in [-0.15, -0.1) is 0 Å². The van der Waals surface area contributed by atoms with Crippen LogP contribution in [0.5, 0.6) is 0 Å². The first-order chi connectivity index (χ1) is 7.27. The molecular formula is C6H10ClF3N2O3S. The van der Waals surface area contributed by atoms with Crippen molar-refractivity contribution in [3.63, 3.8) is 0 Å². The number of sulfonamides is 1. The van der Waals surface area contributed by atoms with Gasteiger partial charge in [-0.25, -0.2) is 17.5 Å². The molecule has 0 aliphatic carbocycles. The van der Waals surface area contributed by atoms with Crippen LogP contribution in [0.1, 0.15) is 6.42 Å². The smallest absolute Gasteiger partial charge is 0.350 e. The van der Waals surface area contributed by atoms with Crippen LogP contribution in [0.3, 0.4) is 0 Å². The molecule has 5 nitrogen and oxygen atoms in total. The first-order valence-corrected chi connectivity index (χ1v) is 6.08. The monoisotopic (exact) mass is 282 g/mol. The van der Waals surface area contributed by atoms with Crippen molar-refractivity contribution in [1.82, 2.24) is 10.0 Å². The maximum atomic E-state index is 12.0. The minimum Gasteiger partial charge on any atom is -0.352 e. The minimum atomic E-state index is -4.61. The molecule has 0 radical (unpaired) electrons. The summed E-state index contributed by atoms with van der Waals surface area (Å²) in [6.45, 7) is -0.357. The second kappa shape index (κ2) is 6.92. The molecule has 1 unspecified atom stereocenters. The molecule has 0 aromatic rings. The lowest BCUT2D eigenvalue weighted by Gasteiger charge is -2.06. The maximum absolute atomic E-state index is 12.0. The van der Waals surface area contributed by atoms with Gasteiger partial charge in [0.15, 0.2) is 0 Å². The summed E-state index contributed by atoms with van der Waals surface area (Å²) >= 11 is 4.77. The highest BCUT2D eigenvalue weighted by molar-refractivity contribution is 7.89. The maximum Gasteiger partial charge on any atom is 0.350 e. The number of halogens is 4. The summed E-state index contributed by atoms with van der Waals surface area (Å²) in [5.74, 6) is -4.56. The fourth-order valence-corrected chi connectivity index (χ4v) is 1.29. The van der Waals surface area contributed by atoms with Gasteiger partial charge in [0, 0.05) is 13.1 Å². The van der Waals surface area contributed by atoms with Crippen molar-refractivity contribution in [3.05, 3.63) is 0 Å². The van der Waals surface area contributed by atoms with Crippen LogP contribution in [-0.2, 0) is 14.8 Å². The van der Waals surface area contributed by atoms with Crippen LogP contribution in [0.25, 0.3) is 0 Å². The Morgan fingerprint density at radius 1 is 1.25 bits per heavy atom. The Balaban J connectivity index is 3.67. The number of alkyl halides is 4. The van der Waals surface area contributed by atoms with Gasteiger partial charge in [-0.3, -0.25) is 4.79 Å². The van der Waals surface area contributed by atoms with Crippen LogP contribution in [0.15, 0.2) is 0 Å². The molecule has 1 amide bonds. The number of amides is 1. The summed E-state index contributed by atoms with van der Waals surface area (Å²) in [5.41, 5.74) is -2.18. The molecular weight excluding hydrogens is 273 g/mol. The summed E-state index contributed by atoms with van der Waals surface area (Å²) in [6.07, 6.45) is 0.0430. The Morgan fingerprint density at radius 3 is 2.25 bits per heavy atom. The van der Waals surface area contributed by atoms with Crippen molar-refractivity contribution in [2.75, 3.05) is 13.1 Å². The molecule has 16 heavy (non-hydrogen) atoms. The molecule has 0 bridgehead atoms. The van der Waals surface area contributed by atoms with Gasteiger partial charge in [0.2, 0.25) is 0 Å². The fourth-order valence-electron chi connectivity index (χ4n) is 0.655. The molecule has 0 aromatic heterocycles. The van der Waals surface area contributed by atoms with Gasteiger partial charge in [-0.05, 0) is 6.42 Å².